The molecule has 0 radical (unpaired) electrons. The second kappa shape index (κ2) is 6.74. The molecular formula is C18H21N3O4. The largest absolute Gasteiger partial charge is 0.452 e. The van der Waals surface area contributed by atoms with Crippen LogP contribution in [-0.4, -0.2) is 34.3 Å². The van der Waals surface area contributed by atoms with Crippen LogP contribution in [0.15, 0.2) is 35.0 Å². The lowest BCUT2D eigenvalue weighted by atomic mass is 10.1. The Hall–Kier alpha value is -2.57. The lowest BCUT2D eigenvalue weighted by Gasteiger charge is -2.17. The summed E-state index contributed by atoms with van der Waals surface area (Å²) in [5, 5.41) is 7.10. The van der Waals surface area contributed by atoms with E-state index in [1.54, 1.807) is 29.2 Å². The molecule has 7 heteroatoms. The van der Waals surface area contributed by atoms with Gasteiger partial charge in [-0.1, -0.05) is 0 Å². The van der Waals surface area contributed by atoms with Crippen molar-refractivity contribution >= 4 is 11.9 Å². The molecule has 2 aromatic heterocycles. The van der Waals surface area contributed by atoms with E-state index in [1.165, 1.54) is 25.7 Å². The maximum Gasteiger partial charge on any atom is 0.374 e. The second-order valence-corrected chi connectivity index (χ2v) is 6.81. The Bertz CT molecular complexity index is 732. The predicted molar refractivity (Wildman–Crippen MR) is 87.7 cm³/mol. The molecule has 1 N–H and O–H groups in total. The van der Waals surface area contributed by atoms with Gasteiger partial charge in [0.25, 0.3) is 5.91 Å². The molecule has 25 heavy (non-hydrogen) atoms. The maximum absolute atomic E-state index is 12.0. The minimum absolute atomic E-state index is 0.0934. The number of nitrogens with zero attached hydrogens (tertiary/aromatic N) is 2. The number of hydrogen-bond acceptors (Lipinski definition) is 5. The number of rotatable bonds is 8. The molecule has 2 saturated carbocycles. The highest BCUT2D eigenvalue weighted by atomic mass is 16.5. The molecule has 0 aliphatic heterocycles. The summed E-state index contributed by atoms with van der Waals surface area (Å²) >= 11 is 0. The van der Waals surface area contributed by atoms with Gasteiger partial charge in [-0.3, -0.25) is 9.48 Å². The Morgan fingerprint density at radius 3 is 2.68 bits per heavy atom. The van der Waals surface area contributed by atoms with Crippen LogP contribution in [0.25, 0.3) is 0 Å². The van der Waals surface area contributed by atoms with E-state index in [0.717, 1.165) is 0 Å². The Labute approximate surface area is 145 Å². The maximum atomic E-state index is 12.0. The van der Waals surface area contributed by atoms with Crippen LogP contribution in [0.4, 0.5) is 0 Å². The Kier molecular flexibility index (Phi) is 4.29. The van der Waals surface area contributed by atoms with Crippen LogP contribution in [-0.2, 0) is 16.1 Å². The van der Waals surface area contributed by atoms with E-state index < -0.39 is 5.97 Å². The molecule has 2 aliphatic carbocycles. The van der Waals surface area contributed by atoms with Gasteiger partial charge in [0.2, 0.25) is 5.76 Å². The van der Waals surface area contributed by atoms with E-state index in [9.17, 15) is 9.59 Å². The quantitative estimate of drug-likeness (QED) is 0.741. The molecule has 2 fully saturated rings. The zero-order valence-electron chi connectivity index (χ0n) is 13.9. The van der Waals surface area contributed by atoms with Gasteiger partial charge < -0.3 is 14.5 Å². The third kappa shape index (κ3) is 4.10. The summed E-state index contributed by atoms with van der Waals surface area (Å²) in [5.41, 5.74) is 0. The van der Waals surface area contributed by atoms with Gasteiger partial charge in [-0.15, -0.1) is 0 Å². The Balaban J connectivity index is 1.25. The molecule has 0 bridgehead atoms. The topological polar surface area (TPSA) is 86.4 Å². The normalized spacial score (nSPS) is 16.8. The van der Waals surface area contributed by atoms with Crippen LogP contribution in [0.3, 0.4) is 0 Å². The van der Waals surface area contributed by atoms with E-state index in [1.807, 2.05) is 6.07 Å². The zero-order chi connectivity index (χ0) is 17.2. The number of esters is 1. The number of amides is 1. The van der Waals surface area contributed by atoms with E-state index in [-0.39, 0.29) is 24.3 Å². The molecule has 2 aliphatic rings. The smallest absolute Gasteiger partial charge is 0.374 e. The summed E-state index contributed by atoms with van der Waals surface area (Å²) in [6.07, 6.45) is 8.23. The lowest BCUT2D eigenvalue weighted by Crippen LogP contribution is -2.40. The molecule has 0 saturated heterocycles. The second-order valence-electron chi connectivity index (χ2n) is 6.81. The highest BCUT2D eigenvalue weighted by molar-refractivity contribution is 5.88. The fourth-order valence-corrected chi connectivity index (χ4v) is 3.09. The summed E-state index contributed by atoms with van der Waals surface area (Å²) in [7, 11) is 0. The van der Waals surface area contributed by atoms with Gasteiger partial charge in [-0.25, -0.2) is 4.79 Å². The van der Waals surface area contributed by atoms with E-state index >= 15 is 0 Å². The van der Waals surface area contributed by atoms with Gasteiger partial charge in [-0.05, 0) is 55.7 Å². The first-order chi connectivity index (χ1) is 12.2. The van der Waals surface area contributed by atoms with Crippen LogP contribution >= 0.6 is 0 Å². The average molecular weight is 343 g/mol. The monoisotopic (exact) mass is 343 g/mol. The van der Waals surface area contributed by atoms with Gasteiger partial charge in [0.05, 0.1) is 6.54 Å². The van der Waals surface area contributed by atoms with Crippen molar-refractivity contribution in [2.75, 3.05) is 6.61 Å². The predicted octanol–water partition coefficient (Wildman–Crippen LogP) is 1.99. The molecule has 2 heterocycles. The van der Waals surface area contributed by atoms with Gasteiger partial charge in [0, 0.05) is 18.4 Å². The number of furan rings is 1. The summed E-state index contributed by atoms with van der Waals surface area (Å²) in [6.45, 7) is 0.162. The van der Waals surface area contributed by atoms with Crippen molar-refractivity contribution in [1.82, 2.24) is 15.1 Å². The van der Waals surface area contributed by atoms with Crippen LogP contribution in [0.2, 0.25) is 0 Å². The molecule has 132 valence electrons. The number of carbonyl (C=O) groups is 2. The van der Waals surface area contributed by atoms with E-state index in [4.69, 9.17) is 9.15 Å². The van der Waals surface area contributed by atoms with Crippen LogP contribution < -0.4 is 5.32 Å². The van der Waals surface area contributed by atoms with Crippen molar-refractivity contribution < 1.29 is 18.7 Å². The molecular weight excluding hydrogens is 322 g/mol. The molecule has 0 spiro atoms. The van der Waals surface area contributed by atoms with Gasteiger partial charge in [0.15, 0.2) is 6.61 Å². The highest BCUT2D eigenvalue weighted by Crippen LogP contribution is 2.44. The third-order valence-corrected chi connectivity index (χ3v) is 4.66. The summed E-state index contributed by atoms with van der Waals surface area (Å²) < 4.78 is 12.2. The van der Waals surface area contributed by atoms with Crippen molar-refractivity contribution in [3.63, 3.8) is 0 Å². The molecule has 7 nitrogen and oxygen atoms in total. The summed E-state index contributed by atoms with van der Waals surface area (Å²) in [6, 6.07) is 5.33. The highest BCUT2D eigenvalue weighted by Gasteiger charge is 2.42. The van der Waals surface area contributed by atoms with Crippen LogP contribution in [0.1, 0.15) is 42.0 Å². The van der Waals surface area contributed by atoms with Gasteiger partial charge in [-0.2, -0.15) is 5.10 Å². The molecule has 0 aromatic carbocycles. The minimum Gasteiger partial charge on any atom is -0.452 e. The number of ether oxygens (including phenoxy) is 1. The zero-order valence-corrected chi connectivity index (χ0v) is 13.9. The molecule has 2 aromatic rings. The first kappa shape index (κ1) is 15.9. The number of aromatic nitrogens is 2. The van der Waals surface area contributed by atoms with Crippen molar-refractivity contribution in [3.05, 3.63) is 42.1 Å². The standard InChI is InChI=1S/C18H21N3O4/c22-16(20-17(12-2-3-12)13-4-5-13)11-24-18(23)15-7-6-14(25-15)10-21-9-1-8-19-21/h1,6-9,12-13,17H,2-5,10-11H2,(H,20,22). The molecule has 4 rings (SSSR count). The summed E-state index contributed by atoms with van der Waals surface area (Å²) in [5.74, 6) is 1.06. The molecule has 0 unspecified atom stereocenters. The first-order valence-electron chi connectivity index (χ1n) is 8.71. The van der Waals surface area contributed by atoms with E-state index in [0.29, 0.717) is 24.1 Å². The van der Waals surface area contributed by atoms with Crippen molar-refractivity contribution in [3.8, 4) is 0 Å². The van der Waals surface area contributed by atoms with Gasteiger partial charge in [0.1, 0.15) is 5.76 Å². The Morgan fingerprint density at radius 1 is 1.28 bits per heavy atom. The van der Waals surface area contributed by atoms with Gasteiger partial charge >= 0.3 is 5.97 Å². The SMILES string of the molecule is O=C(COC(=O)c1ccc(Cn2cccn2)o1)NC(C1CC1)C1CC1. The minimum atomic E-state index is -0.628. The fraction of sp³-hybridized carbons (Fsp3) is 0.500. The lowest BCUT2D eigenvalue weighted by molar-refractivity contribution is -0.125. The number of nitrogens with one attached hydrogen (secondary N) is 1. The van der Waals surface area contributed by atoms with E-state index in [2.05, 4.69) is 10.4 Å². The fourth-order valence-electron chi connectivity index (χ4n) is 3.09. The Morgan fingerprint density at radius 2 is 2.04 bits per heavy atom. The first-order valence-corrected chi connectivity index (χ1v) is 8.71. The van der Waals surface area contributed by atoms with Crippen molar-refractivity contribution in [2.45, 2.75) is 38.3 Å². The summed E-state index contributed by atoms with van der Waals surface area (Å²) in [4.78, 5) is 24.1. The number of carbonyl (C=O) groups excluding carboxylic acids is 2. The van der Waals surface area contributed by atoms with Crippen molar-refractivity contribution in [2.24, 2.45) is 11.8 Å². The molecule has 0 atom stereocenters. The number of hydrogen-bond donors (Lipinski definition) is 1. The average Bonchev–Trinajstić information content (AvgIpc) is 3.53. The van der Waals surface area contributed by atoms with Crippen LogP contribution in [0.5, 0.6) is 0 Å². The molecule has 1 amide bonds. The third-order valence-electron chi connectivity index (χ3n) is 4.66. The van der Waals surface area contributed by atoms with Crippen LogP contribution in [0, 0.1) is 11.8 Å². The van der Waals surface area contributed by atoms with Crippen molar-refractivity contribution in [1.29, 1.82) is 0 Å².